The molecule has 3 rings (SSSR count). The lowest BCUT2D eigenvalue weighted by molar-refractivity contribution is 0.273. The molecule has 2 aromatic heterocycles. The van der Waals surface area contributed by atoms with E-state index in [4.69, 9.17) is 0 Å². The molecule has 3 heterocycles. The highest BCUT2D eigenvalue weighted by Gasteiger charge is 2.25. The van der Waals surface area contributed by atoms with Crippen molar-refractivity contribution < 1.29 is 8.42 Å². The molecule has 22 heavy (non-hydrogen) atoms. The molecule has 0 spiro atoms. The monoisotopic (exact) mass is 321 g/mol. The van der Waals surface area contributed by atoms with E-state index in [9.17, 15) is 8.42 Å². The summed E-state index contributed by atoms with van der Waals surface area (Å²) in [5, 5.41) is 6.82. The lowest BCUT2D eigenvalue weighted by Crippen LogP contribution is -2.38. The fraction of sp³-hybridized carbons (Fsp3) is 0.500. The minimum Gasteiger partial charge on any atom is -0.276 e. The van der Waals surface area contributed by atoms with Crippen molar-refractivity contribution in [2.75, 3.05) is 19.3 Å². The molecule has 7 nitrogen and oxygen atoms in total. The Morgan fingerprint density at radius 3 is 2.73 bits per heavy atom. The van der Waals surface area contributed by atoms with E-state index in [1.165, 1.54) is 6.26 Å². The van der Waals surface area contributed by atoms with Crippen molar-refractivity contribution in [2.45, 2.75) is 19.3 Å². The van der Waals surface area contributed by atoms with Gasteiger partial charge in [-0.05, 0) is 37.3 Å². The standard InChI is InChI=1S/C14H19N5O2S/c1-22(20,21)19-6-3-11(4-7-19)8-12-9-14(16-10-15-12)13-2-5-17-18-13/h2,5,9-11H,3-4,6-8H2,1H3,(H,17,18). The number of rotatable bonds is 4. The third-order valence-corrected chi connectivity index (χ3v) is 5.34. The summed E-state index contributed by atoms with van der Waals surface area (Å²) in [4.78, 5) is 8.58. The van der Waals surface area contributed by atoms with Crippen LogP contribution in [0.2, 0.25) is 0 Å². The number of hydrogen-bond donors (Lipinski definition) is 1. The molecule has 0 radical (unpaired) electrons. The number of nitrogens with one attached hydrogen (secondary N) is 1. The average molecular weight is 321 g/mol. The Balaban J connectivity index is 1.64. The van der Waals surface area contributed by atoms with Gasteiger partial charge in [-0.15, -0.1) is 0 Å². The number of aromatic amines is 1. The minimum atomic E-state index is -3.06. The molecule has 0 aliphatic carbocycles. The van der Waals surface area contributed by atoms with E-state index in [1.807, 2.05) is 12.1 Å². The second kappa shape index (κ2) is 6.13. The van der Waals surface area contributed by atoms with Gasteiger partial charge in [0.25, 0.3) is 0 Å². The number of aromatic nitrogens is 4. The SMILES string of the molecule is CS(=O)(=O)N1CCC(Cc2cc(-c3ccn[nH]3)ncn2)CC1. The van der Waals surface area contributed by atoms with E-state index in [2.05, 4.69) is 20.2 Å². The van der Waals surface area contributed by atoms with E-state index in [-0.39, 0.29) is 0 Å². The highest BCUT2D eigenvalue weighted by molar-refractivity contribution is 7.88. The number of hydrogen-bond acceptors (Lipinski definition) is 5. The van der Waals surface area contributed by atoms with Crippen LogP contribution in [0.15, 0.2) is 24.7 Å². The first kappa shape index (κ1) is 15.1. The van der Waals surface area contributed by atoms with Crippen LogP contribution < -0.4 is 0 Å². The molecule has 1 aliphatic rings. The van der Waals surface area contributed by atoms with Crippen LogP contribution in [0.25, 0.3) is 11.4 Å². The molecule has 1 N–H and O–H groups in total. The van der Waals surface area contributed by atoms with Crippen LogP contribution in [0.1, 0.15) is 18.5 Å². The Morgan fingerprint density at radius 1 is 1.32 bits per heavy atom. The molecule has 0 saturated carbocycles. The van der Waals surface area contributed by atoms with Crippen molar-refractivity contribution in [3.8, 4) is 11.4 Å². The Hall–Kier alpha value is -1.80. The van der Waals surface area contributed by atoms with Crippen LogP contribution >= 0.6 is 0 Å². The number of nitrogens with zero attached hydrogens (tertiary/aromatic N) is 4. The van der Waals surface area contributed by atoms with E-state index < -0.39 is 10.0 Å². The lowest BCUT2D eigenvalue weighted by atomic mass is 9.93. The quantitative estimate of drug-likeness (QED) is 0.910. The van der Waals surface area contributed by atoms with Crippen molar-refractivity contribution in [3.05, 3.63) is 30.4 Å². The number of sulfonamides is 1. The fourth-order valence-electron chi connectivity index (χ4n) is 2.80. The first-order valence-electron chi connectivity index (χ1n) is 7.28. The maximum atomic E-state index is 11.5. The molecule has 0 bridgehead atoms. The van der Waals surface area contributed by atoms with Gasteiger partial charge < -0.3 is 0 Å². The van der Waals surface area contributed by atoms with Crippen molar-refractivity contribution in [1.82, 2.24) is 24.5 Å². The van der Waals surface area contributed by atoms with Gasteiger partial charge in [0.2, 0.25) is 10.0 Å². The maximum Gasteiger partial charge on any atom is 0.211 e. The van der Waals surface area contributed by atoms with Gasteiger partial charge in [0, 0.05) is 25.0 Å². The first-order chi connectivity index (χ1) is 10.5. The third-order valence-electron chi connectivity index (χ3n) is 4.04. The van der Waals surface area contributed by atoms with E-state index >= 15 is 0 Å². The van der Waals surface area contributed by atoms with Crippen LogP contribution in [-0.4, -0.2) is 52.2 Å². The first-order valence-corrected chi connectivity index (χ1v) is 9.13. The summed E-state index contributed by atoms with van der Waals surface area (Å²) in [5.41, 5.74) is 2.68. The molecule has 0 unspecified atom stereocenters. The van der Waals surface area contributed by atoms with Gasteiger partial charge in [0.15, 0.2) is 0 Å². The number of piperidine rings is 1. The lowest BCUT2D eigenvalue weighted by Gasteiger charge is -2.30. The molecular weight excluding hydrogens is 302 g/mol. The zero-order valence-electron chi connectivity index (χ0n) is 12.4. The zero-order chi connectivity index (χ0) is 15.6. The van der Waals surface area contributed by atoms with Crippen molar-refractivity contribution in [2.24, 2.45) is 5.92 Å². The minimum absolute atomic E-state index is 0.461. The maximum absolute atomic E-state index is 11.5. The molecular formula is C14H19N5O2S. The molecule has 8 heteroatoms. The molecule has 2 aromatic rings. The van der Waals surface area contributed by atoms with E-state index in [0.29, 0.717) is 19.0 Å². The smallest absolute Gasteiger partial charge is 0.211 e. The summed E-state index contributed by atoms with van der Waals surface area (Å²) in [6, 6.07) is 3.84. The third kappa shape index (κ3) is 3.50. The molecule has 0 aromatic carbocycles. The normalized spacial score (nSPS) is 17.7. The molecule has 1 aliphatic heterocycles. The van der Waals surface area contributed by atoms with Crippen molar-refractivity contribution >= 4 is 10.0 Å². The zero-order valence-corrected chi connectivity index (χ0v) is 13.3. The van der Waals surface area contributed by atoms with Gasteiger partial charge in [-0.2, -0.15) is 5.10 Å². The van der Waals surface area contributed by atoms with Gasteiger partial charge in [-0.25, -0.2) is 22.7 Å². The summed E-state index contributed by atoms with van der Waals surface area (Å²) < 4.78 is 24.6. The highest BCUT2D eigenvalue weighted by atomic mass is 32.2. The van der Waals surface area contributed by atoms with Gasteiger partial charge in [-0.3, -0.25) is 5.10 Å². The van der Waals surface area contributed by atoms with Gasteiger partial charge in [-0.1, -0.05) is 0 Å². The Labute approximate surface area is 129 Å². The summed E-state index contributed by atoms with van der Waals surface area (Å²) in [7, 11) is -3.06. The molecule has 0 atom stereocenters. The molecule has 1 fully saturated rings. The summed E-state index contributed by atoms with van der Waals surface area (Å²) in [6.45, 7) is 1.20. The topological polar surface area (TPSA) is 91.8 Å². The Morgan fingerprint density at radius 2 is 2.09 bits per heavy atom. The largest absolute Gasteiger partial charge is 0.276 e. The summed E-state index contributed by atoms with van der Waals surface area (Å²) in [6.07, 6.45) is 7.12. The highest BCUT2D eigenvalue weighted by Crippen LogP contribution is 2.23. The average Bonchev–Trinajstić information content (AvgIpc) is 3.01. The predicted octanol–water partition coefficient (Wildman–Crippen LogP) is 1.08. The van der Waals surface area contributed by atoms with Crippen LogP contribution in [0.4, 0.5) is 0 Å². The summed E-state index contributed by atoms with van der Waals surface area (Å²) in [5.74, 6) is 0.461. The van der Waals surface area contributed by atoms with Crippen LogP contribution in [0, 0.1) is 5.92 Å². The van der Waals surface area contributed by atoms with Gasteiger partial charge in [0.1, 0.15) is 6.33 Å². The number of H-pyrrole nitrogens is 1. The second-order valence-electron chi connectivity index (χ2n) is 5.67. The predicted molar refractivity (Wildman–Crippen MR) is 82.5 cm³/mol. The fourth-order valence-corrected chi connectivity index (χ4v) is 3.67. The van der Waals surface area contributed by atoms with Gasteiger partial charge >= 0.3 is 0 Å². The van der Waals surface area contributed by atoms with Crippen LogP contribution in [-0.2, 0) is 16.4 Å². The molecule has 0 amide bonds. The van der Waals surface area contributed by atoms with E-state index in [1.54, 1.807) is 16.8 Å². The molecule has 1 saturated heterocycles. The molecule has 118 valence electrons. The Bertz CT molecular complexity index is 721. The summed E-state index contributed by atoms with van der Waals surface area (Å²) >= 11 is 0. The van der Waals surface area contributed by atoms with Crippen molar-refractivity contribution in [1.29, 1.82) is 0 Å². The van der Waals surface area contributed by atoms with E-state index in [0.717, 1.165) is 36.3 Å². The Kier molecular flexibility index (Phi) is 4.21. The van der Waals surface area contributed by atoms with Crippen LogP contribution in [0.3, 0.4) is 0 Å². The van der Waals surface area contributed by atoms with Crippen LogP contribution in [0.5, 0.6) is 0 Å². The van der Waals surface area contributed by atoms with Crippen molar-refractivity contribution in [3.63, 3.8) is 0 Å². The van der Waals surface area contributed by atoms with Gasteiger partial charge in [0.05, 0.1) is 17.6 Å². The second-order valence-corrected chi connectivity index (χ2v) is 7.66.